The summed E-state index contributed by atoms with van der Waals surface area (Å²) in [5, 5.41) is 2.60. The first kappa shape index (κ1) is 12.0. The van der Waals surface area contributed by atoms with E-state index in [1.54, 1.807) is 6.92 Å². The lowest BCUT2D eigenvalue weighted by Gasteiger charge is -2.26. The van der Waals surface area contributed by atoms with Crippen molar-refractivity contribution in [1.82, 2.24) is 5.32 Å². The van der Waals surface area contributed by atoms with E-state index in [1.807, 2.05) is 20.8 Å². The van der Waals surface area contributed by atoms with Crippen LogP contribution in [0.15, 0.2) is 0 Å². The van der Waals surface area contributed by atoms with Gasteiger partial charge in [0.05, 0.1) is 0 Å². The van der Waals surface area contributed by atoms with Crippen molar-refractivity contribution in [3.8, 4) is 0 Å². The Balaban J connectivity index is 2.36. The molecule has 0 aromatic rings. The Hall–Kier alpha value is -1.06. The van der Waals surface area contributed by atoms with Gasteiger partial charge >= 0.3 is 11.9 Å². The SMILES string of the molecule is C[C@@H](OC(=O)C(=O)NC1CC1)C(C)(C)C. The average Bonchev–Trinajstić information content (AvgIpc) is 2.86. The second-order valence-electron chi connectivity index (χ2n) is 5.16. The summed E-state index contributed by atoms with van der Waals surface area (Å²) in [7, 11) is 0. The van der Waals surface area contributed by atoms with Crippen LogP contribution < -0.4 is 5.32 Å². The molecule has 86 valence electrons. The fourth-order valence-corrected chi connectivity index (χ4v) is 0.863. The maximum atomic E-state index is 11.3. The van der Waals surface area contributed by atoms with E-state index in [0.29, 0.717) is 0 Å². The number of rotatable bonds is 2. The summed E-state index contributed by atoms with van der Waals surface area (Å²) >= 11 is 0. The van der Waals surface area contributed by atoms with Crippen molar-refractivity contribution in [3.05, 3.63) is 0 Å². The largest absolute Gasteiger partial charge is 0.455 e. The van der Waals surface area contributed by atoms with E-state index in [-0.39, 0.29) is 17.6 Å². The molecule has 0 radical (unpaired) electrons. The van der Waals surface area contributed by atoms with Gasteiger partial charge in [-0.15, -0.1) is 0 Å². The summed E-state index contributed by atoms with van der Waals surface area (Å²) in [5.41, 5.74) is -0.143. The third-order valence-electron chi connectivity index (χ3n) is 2.60. The number of nitrogens with one attached hydrogen (secondary N) is 1. The zero-order chi connectivity index (χ0) is 11.6. The number of amides is 1. The molecule has 1 saturated carbocycles. The maximum Gasteiger partial charge on any atom is 0.397 e. The minimum Gasteiger partial charge on any atom is -0.455 e. The molecule has 1 rings (SSSR count). The summed E-state index contributed by atoms with van der Waals surface area (Å²) in [6.07, 6.45) is 1.66. The molecule has 4 heteroatoms. The number of carbonyl (C=O) groups is 2. The fourth-order valence-electron chi connectivity index (χ4n) is 0.863. The van der Waals surface area contributed by atoms with Crippen LogP contribution in [0, 0.1) is 5.41 Å². The Morgan fingerprint density at radius 2 is 1.87 bits per heavy atom. The molecule has 1 N–H and O–H groups in total. The highest BCUT2D eigenvalue weighted by Gasteiger charge is 2.30. The van der Waals surface area contributed by atoms with E-state index in [9.17, 15) is 9.59 Å². The molecular weight excluding hydrogens is 194 g/mol. The molecule has 0 heterocycles. The Morgan fingerprint density at radius 3 is 2.27 bits per heavy atom. The summed E-state index contributed by atoms with van der Waals surface area (Å²) in [5.74, 6) is -1.39. The first-order valence-electron chi connectivity index (χ1n) is 5.32. The van der Waals surface area contributed by atoms with Gasteiger partial charge in [0, 0.05) is 6.04 Å². The van der Waals surface area contributed by atoms with Crippen LogP contribution in [0.3, 0.4) is 0 Å². The highest BCUT2D eigenvalue weighted by atomic mass is 16.5. The molecule has 1 aliphatic rings. The van der Waals surface area contributed by atoms with E-state index in [2.05, 4.69) is 5.32 Å². The molecule has 0 aromatic heterocycles. The predicted octanol–water partition coefficient (Wildman–Crippen LogP) is 1.24. The zero-order valence-corrected chi connectivity index (χ0v) is 9.79. The number of ether oxygens (including phenoxy) is 1. The molecular formula is C11H19NO3. The lowest BCUT2D eigenvalue weighted by molar-refractivity contribution is -0.162. The monoisotopic (exact) mass is 213 g/mol. The first-order valence-corrected chi connectivity index (χ1v) is 5.32. The van der Waals surface area contributed by atoms with Crippen LogP contribution >= 0.6 is 0 Å². The Morgan fingerprint density at radius 1 is 1.33 bits per heavy atom. The topological polar surface area (TPSA) is 55.4 Å². The first-order chi connectivity index (χ1) is 6.80. The van der Waals surface area contributed by atoms with E-state index >= 15 is 0 Å². The Labute approximate surface area is 90.4 Å². The summed E-state index contributed by atoms with van der Waals surface area (Å²) < 4.78 is 5.05. The van der Waals surface area contributed by atoms with Gasteiger partial charge in [0.25, 0.3) is 0 Å². The smallest absolute Gasteiger partial charge is 0.397 e. The molecule has 0 spiro atoms. The molecule has 1 atom stereocenters. The van der Waals surface area contributed by atoms with Gasteiger partial charge in [-0.1, -0.05) is 20.8 Å². The van der Waals surface area contributed by atoms with E-state index in [0.717, 1.165) is 12.8 Å². The van der Waals surface area contributed by atoms with Gasteiger partial charge in [-0.25, -0.2) is 4.79 Å². The highest BCUT2D eigenvalue weighted by Crippen LogP contribution is 2.22. The fraction of sp³-hybridized carbons (Fsp3) is 0.818. The van der Waals surface area contributed by atoms with Gasteiger partial charge in [-0.05, 0) is 25.2 Å². The third kappa shape index (κ3) is 3.90. The van der Waals surface area contributed by atoms with Gasteiger partial charge in [0.2, 0.25) is 0 Å². The minimum absolute atomic E-state index is 0.143. The minimum atomic E-state index is -0.774. The van der Waals surface area contributed by atoms with Crippen molar-refractivity contribution in [2.75, 3.05) is 0 Å². The molecule has 0 bridgehead atoms. The van der Waals surface area contributed by atoms with Crippen molar-refractivity contribution in [2.45, 2.75) is 52.7 Å². The second-order valence-corrected chi connectivity index (χ2v) is 5.16. The second kappa shape index (κ2) is 4.21. The predicted molar refractivity (Wildman–Crippen MR) is 56.2 cm³/mol. The molecule has 1 amide bonds. The standard InChI is InChI=1S/C11H19NO3/c1-7(11(2,3)4)15-10(14)9(13)12-8-5-6-8/h7-8H,5-6H2,1-4H3,(H,12,13)/t7-/m1/s1. The molecule has 1 aliphatic carbocycles. The number of hydrogen-bond donors (Lipinski definition) is 1. The Bertz CT molecular complexity index is 263. The van der Waals surface area contributed by atoms with Crippen LogP contribution in [0.25, 0.3) is 0 Å². The Kier molecular flexibility index (Phi) is 3.37. The molecule has 4 nitrogen and oxygen atoms in total. The third-order valence-corrected chi connectivity index (χ3v) is 2.60. The summed E-state index contributed by atoms with van der Waals surface area (Å²) in [4.78, 5) is 22.6. The van der Waals surface area contributed by atoms with Crippen molar-refractivity contribution < 1.29 is 14.3 Å². The van der Waals surface area contributed by atoms with Crippen molar-refractivity contribution in [3.63, 3.8) is 0 Å². The van der Waals surface area contributed by atoms with Gasteiger partial charge in [-0.3, -0.25) is 4.79 Å². The average molecular weight is 213 g/mol. The van der Waals surface area contributed by atoms with Crippen LogP contribution in [0.1, 0.15) is 40.5 Å². The van der Waals surface area contributed by atoms with Crippen molar-refractivity contribution >= 4 is 11.9 Å². The maximum absolute atomic E-state index is 11.3. The highest BCUT2D eigenvalue weighted by molar-refractivity contribution is 6.32. The van der Waals surface area contributed by atoms with E-state index in [1.165, 1.54) is 0 Å². The van der Waals surface area contributed by atoms with Crippen molar-refractivity contribution in [1.29, 1.82) is 0 Å². The number of esters is 1. The molecule has 0 aliphatic heterocycles. The molecule has 0 unspecified atom stereocenters. The van der Waals surface area contributed by atoms with Gasteiger partial charge in [0.1, 0.15) is 6.10 Å². The number of carbonyl (C=O) groups excluding carboxylic acids is 2. The van der Waals surface area contributed by atoms with E-state index in [4.69, 9.17) is 4.74 Å². The van der Waals surface area contributed by atoms with Gasteiger partial charge in [-0.2, -0.15) is 0 Å². The zero-order valence-electron chi connectivity index (χ0n) is 9.79. The quantitative estimate of drug-likeness (QED) is 0.554. The number of hydrogen-bond acceptors (Lipinski definition) is 3. The van der Waals surface area contributed by atoms with Crippen LogP contribution in [0.5, 0.6) is 0 Å². The van der Waals surface area contributed by atoms with Crippen LogP contribution in [0.4, 0.5) is 0 Å². The van der Waals surface area contributed by atoms with Crippen LogP contribution in [0.2, 0.25) is 0 Å². The van der Waals surface area contributed by atoms with Crippen molar-refractivity contribution in [2.24, 2.45) is 5.41 Å². The molecule has 0 aromatic carbocycles. The lowest BCUT2D eigenvalue weighted by Crippen LogP contribution is -2.38. The van der Waals surface area contributed by atoms with Crippen LogP contribution in [-0.2, 0) is 14.3 Å². The lowest BCUT2D eigenvalue weighted by atomic mass is 9.90. The van der Waals surface area contributed by atoms with E-state index < -0.39 is 11.9 Å². The normalized spacial score (nSPS) is 18.1. The van der Waals surface area contributed by atoms with Gasteiger partial charge in [0.15, 0.2) is 0 Å². The summed E-state index contributed by atoms with van der Waals surface area (Å²) in [6.45, 7) is 7.68. The summed E-state index contributed by atoms with van der Waals surface area (Å²) in [6, 6.07) is 0.190. The molecule has 0 saturated heterocycles. The van der Waals surface area contributed by atoms with Gasteiger partial charge < -0.3 is 10.1 Å². The molecule has 1 fully saturated rings. The van der Waals surface area contributed by atoms with Crippen LogP contribution in [-0.4, -0.2) is 24.0 Å². The molecule has 15 heavy (non-hydrogen) atoms.